The van der Waals surface area contributed by atoms with Gasteiger partial charge < -0.3 is 11.1 Å². The van der Waals surface area contributed by atoms with Gasteiger partial charge in [0.15, 0.2) is 0 Å². The molecule has 0 aliphatic rings. The first kappa shape index (κ1) is 13.1. The van der Waals surface area contributed by atoms with E-state index in [0.29, 0.717) is 17.9 Å². The lowest BCUT2D eigenvalue weighted by molar-refractivity contribution is 0.0951. The highest BCUT2D eigenvalue weighted by atomic mass is 16.1. The maximum Gasteiger partial charge on any atom is 0.251 e. The molecule has 0 aliphatic carbocycles. The van der Waals surface area contributed by atoms with E-state index >= 15 is 0 Å². The largest absolute Gasteiger partial charge is 0.384 e. The van der Waals surface area contributed by atoms with E-state index < -0.39 is 0 Å². The summed E-state index contributed by atoms with van der Waals surface area (Å²) in [7, 11) is 1.89. The van der Waals surface area contributed by atoms with Crippen LogP contribution in [0.2, 0.25) is 0 Å². The Hall–Kier alpha value is -2.37. The Balaban J connectivity index is 2.09. The first-order valence-corrected chi connectivity index (χ1v) is 5.98. The second-order valence-corrected chi connectivity index (χ2v) is 4.43. The number of carbonyl (C=O) groups excluding carboxylic acids is 1. The van der Waals surface area contributed by atoms with Crippen LogP contribution in [0.5, 0.6) is 0 Å². The van der Waals surface area contributed by atoms with Crippen LogP contribution >= 0.6 is 0 Å². The fourth-order valence-corrected chi connectivity index (χ4v) is 1.93. The first-order valence-electron chi connectivity index (χ1n) is 5.98. The fraction of sp³-hybridized carbons (Fsp3) is 0.308. The van der Waals surface area contributed by atoms with E-state index in [1.807, 2.05) is 20.9 Å². The molecule has 0 spiro atoms. The molecule has 0 aliphatic heterocycles. The number of nitrogens with two attached hydrogens (primary N) is 1. The van der Waals surface area contributed by atoms with Crippen LogP contribution in [0.25, 0.3) is 0 Å². The number of nitrogen functional groups attached to an aromatic ring is 1. The summed E-state index contributed by atoms with van der Waals surface area (Å²) in [6.45, 7) is 4.36. The molecule has 19 heavy (non-hydrogen) atoms. The second kappa shape index (κ2) is 5.09. The molecule has 2 rings (SSSR count). The van der Waals surface area contributed by atoms with Crippen LogP contribution in [0.3, 0.4) is 0 Å². The Morgan fingerprint density at radius 3 is 2.79 bits per heavy atom. The second-order valence-electron chi connectivity index (χ2n) is 4.43. The average molecular weight is 259 g/mol. The Kier molecular flexibility index (Phi) is 3.50. The standard InChI is InChI=1S/C13H17N5O/c1-8-11(9(2)18(3)17-8)7-16-13(19)10-4-5-15-12(14)6-10/h4-6H,7H2,1-3H3,(H2,14,15)(H,16,19). The van der Waals surface area contributed by atoms with Crippen molar-refractivity contribution in [3.63, 3.8) is 0 Å². The molecule has 2 aromatic rings. The van der Waals surface area contributed by atoms with Crippen molar-refractivity contribution in [1.82, 2.24) is 20.1 Å². The predicted molar refractivity (Wildman–Crippen MR) is 72.5 cm³/mol. The molecule has 1 amide bonds. The highest BCUT2D eigenvalue weighted by Crippen LogP contribution is 2.11. The first-order chi connectivity index (χ1) is 8.99. The monoisotopic (exact) mass is 259 g/mol. The number of amides is 1. The normalized spacial score (nSPS) is 10.5. The number of aryl methyl sites for hydroxylation is 2. The van der Waals surface area contributed by atoms with Gasteiger partial charge in [-0.2, -0.15) is 5.10 Å². The lowest BCUT2D eigenvalue weighted by atomic mass is 10.2. The summed E-state index contributed by atoms with van der Waals surface area (Å²) < 4.78 is 1.81. The topological polar surface area (TPSA) is 85.8 Å². The SMILES string of the molecule is Cc1nn(C)c(C)c1CNC(=O)c1ccnc(N)c1. The molecule has 0 radical (unpaired) electrons. The zero-order valence-corrected chi connectivity index (χ0v) is 11.3. The van der Waals surface area contributed by atoms with Crippen LogP contribution in [0.1, 0.15) is 27.3 Å². The molecule has 0 saturated carbocycles. The predicted octanol–water partition coefficient (Wildman–Crippen LogP) is 0.944. The van der Waals surface area contributed by atoms with Crippen molar-refractivity contribution in [2.24, 2.45) is 7.05 Å². The number of rotatable bonds is 3. The molecule has 6 nitrogen and oxygen atoms in total. The summed E-state index contributed by atoms with van der Waals surface area (Å²) in [6, 6.07) is 3.19. The Morgan fingerprint density at radius 2 is 2.21 bits per heavy atom. The van der Waals surface area contributed by atoms with E-state index in [4.69, 9.17) is 5.73 Å². The minimum atomic E-state index is -0.170. The maximum absolute atomic E-state index is 12.0. The van der Waals surface area contributed by atoms with Gasteiger partial charge in [0, 0.05) is 36.6 Å². The summed E-state index contributed by atoms with van der Waals surface area (Å²) in [6.07, 6.45) is 1.52. The third-order valence-corrected chi connectivity index (χ3v) is 3.13. The van der Waals surface area contributed by atoms with Crippen LogP contribution in [0.4, 0.5) is 5.82 Å². The summed E-state index contributed by atoms with van der Waals surface area (Å²) >= 11 is 0. The molecular formula is C13H17N5O. The van der Waals surface area contributed by atoms with Gasteiger partial charge in [-0.3, -0.25) is 9.48 Å². The summed E-state index contributed by atoms with van der Waals surface area (Å²) in [5.74, 6) is 0.165. The van der Waals surface area contributed by atoms with Gasteiger partial charge in [-0.1, -0.05) is 0 Å². The summed E-state index contributed by atoms with van der Waals surface area (Å²) in [4.78, 5) is 15.8. The molecule has 0 bridgehead atoms. The lowest BCUT2D eigenvalue weighted by Crippen LogP contribution is -2.23. The number of carbonyl (C=O) groups is 1. The third-order valence-electron chi connectivity index (χ3n) is 3.13. The summed E-state index contributed by atoms with van der Waals surface area (Å²) in [5, 5.41) is 7.17. The lowest BCUT2D eigenvalue weighted by Gasteiger charge is -2.06. The van der Waals surface area contributed by atoms with Crippen molar-refractivity contribution >= 4 is 11.7 Å². The van der Waals surface area contributed by atoms with Gasteiger partial charge in [0.05, 0.1) is 5.69 Å². The molecule has 100 valence electrons. The van der Waals surface area contributed by atoms with Crippen molar-refractivity contribution in [2.45, 2.75) is 20.4 Å². The molecule has 0 unspecified atom stereocenters. The number of aromatic nitrogens is 3. The van der Waals surface area contributed by atoms with E-state index in [2.05, 4.69) is 15.4 Å². The van der Waals surface area contributed by atoms with E-state index in [1.54, 1.807) is 16.8 Å². The van der Waals surface area contributed by atoms with E-state index in [0.717, 1.165) is 17.0 Å². The van der Waals surface area contributed by atoms with Gasteiger partial charge in [-0.25, -0.2) is 4.98 Å². The molecular weight excluding hydrogens is 242 g/mol. The number of hydrogen-bond donors (Lipinski definition) is 2. The van der Waals surface area contributed by atoms with Crippen LogP contribution < -0.4 is 11.1 Å². The van der Waals surface area contributed by atoms with Crippen molar-refractivity contribution in [3.8, 4) is 0 Å². The molecule has 0 fully saturated rings. The smallest absolute Gasteiger partial charge is 0.251 e. The van der Waals surface area contributed by atoms with Gasteiger partial charge in [0.1, 0.15) is 5.82 Å². The zero-order chi connectivity index (χ0) is 14.0. The van der Waals surface area contributed by atoms with E-state index in [1.165, 1.54) is 6.20 Å². The van der Waals surface area contributed by atoms with Gasteiger partial charge in [0.25, 0.3) is 5.91 Å². The number of nitrogens with zero attached hydrogens (tertiary/aromatic N) is 3. The van der Waals surface area contributed by atoms with Crippen LogP contribution in [0.15, 0.2) is 18.3 Å². The van der Waals surface area contributed by atoms with Gasteiger partial charge >= 0.3 is 0 Å². The quantitative estimate of drug-likeness (QED) is 0.859. The number of hydrogen-bond acceptors (Lipinski definition) is 4. The summed E-state index contributed by atoms with van der Waals surface area (Å²) in [5.41, 5.74) is 9.07. The number of nitrogens with one attached hydrogen (secondary N) is 1. The van der Waals surface area contributed by atoms with Gasteiger partial charge in [-0.15, -0.1) is 0 Å². The average Bonchev–Trinajstić information content (AvgIpc) is 2.61. The highest BCUT2D eigenvalue weighted by Gasteiger charge is 2.11. The molecule has 3 N–H and O–H groups in total. The fourth-order valence-electron chi connectivity index (χ4n) is 1.93. The molecule has 0 saturated heterocycles. The van der Waals surface area contributed by atoms with Crippen molar-refractivity contribution < 1.29 is 4.79 Å². The molecule has 0 aromatic carbocycles. The number of pyridine rings is 1. The van der Waals surface area contributed by atoms with Crippen molar-refractivity contribution in [2.75, 3.05) is 5.73 Å². The third kappa shape index (κ3) is 2.73. The maximum atomic E-state index is 12.0. The molecule has 0 atom stereocenters. The van der Waals surface area contributed by atoms with Crippen LogP contribution in [-0.4, -0.2) is 20.7 Å². The van der Waals surface area contributed by atoms with Crippen LogP contribution in [0, 0.1) is 13.8 Å². The van der Waals surface area contributed by atoms with Crippen molar-refractivity contribution in [3.05, 3.63) is 40.8 Å². The Morgan fingerprint density at radius 1 is 1.47 bits per heavy atom. The van der Waals surface area contributed by atoms with Crippen molar-refractivity contribution in [1.29, 1.82) is 0 Å². The van der Waals surface area contributed by atoms with Crippen LogP contribution in [-0.2, 0) is 13.6 Å². The Bertz CT molecular complexity index is 617. The molecule has 6 heteroatoms. The molecule has 2 heterocycles. The minimum absolute atomic E-state index is 0.170. The Labute approximate surface area is 111 Å². The van der Waals surface area contributed by atoms with Gasteiger partial charge in [0.2, 0.25) is 0 Å². The highest BCUT2D eigenvalue weighted by molar-refractivity contribution is 5.94. The zero-order valence-electron chi connectivity index (χ0n) is 11.3. The molecule has 2 aromatic heterocycles. The number of anilines is 1. The van der Waals surface area contributed by atoms with Gasteiger partial charge in [-0.05, 0) is 26.0 Å². The minimum Gasteiger partial charge on any atom is -0.384 e. The van der Waals surface area contributed by atoms with E-state index in [-0.39, 0.29) is 5.91 Å². The van der Waals surface area contributed by atoms with E-state index in [9.17, 15) is 4.79 Å².